The van der Waals surface area contributed by atoms with E-state index in [1.165, 1.54) is 42.9 Å². The molecular weight excluding hydrogens is 479 g/mol. The summed E-state index contributed by atoms with van der Waals surface area (Å²) in [5.41, 5.74) is 1.99. The zero-order valence-electron chi connectivity index (χ0n) is 20.0. The molecule has 3 aromatic rings. The van der Waals surface area contributed by atoms with Gasteiger partial charge >= 0.3 is 17.8 Å². The van der Waals surface area contributed by atoms with Gasteiger partial charge in [-0.25, -0.2) is 4.79 Å². The van der Waals surface area contributed by atoms with Gasteiger partial charge in [-0.3, -0.25) is 23.7 Å². The average molecular weight is 508 g/mol. The lowest BCUT2D eigenvalue weighted by atomic mass is 10.2. The first-order valence-corrected chi connectivity index (χ1v) is 11.0. The van der Waals surface area contributed by atoms with Crippen LogP contribution in [0.1, 0.15) is 24.6 Å². The summed E-state index contributed by atoms with van der Waals surface area (Å²) >= 11 is 0. The second kappa shape index (κ2) is 12.6. The summed E-state index contributed by atoms with van der Waals surface area (Å²) in [5, 5.41) is 13.5. The van der Waals surface area contributed by atoms with Gasteiger partial charge in [0.1, 0.15) is 12.6 Å². The first-order valence-electron chi connectivity index (χ1n) is 11.0. The smallest absolute Gasteiger partial charge is 0.408 e. The third-order valence-corrected chi connectivity index (χ3v) is 5.02. The molecule has 3 rings (SSSR count). The molecule has 36 heavy (non-hydrogen) atoms. The lowest BCUT2D eigenvalue weighted by molar-refractivity contribution is -0.142. The van der Waals surface area contributed by atoms with Gasteiger partial charge in [-0.2, -0.15) is 13.2 Å². The zero-order valence-corrected chi connectivity index (χ0v) is 20.0. The number of anilines is 2. The largest absolute Gasteiger partial charge is 0.480 e. The van der Waals surface area contributed by atoms with Crippen LogP contribution in [0.2, 0.25) is 0 Å². The third kappa shape index (κ3) is 8.60. The van der Waals surface area contributed by atoms with Crippen LogP contribution in [0.4, 0.5) is 24.5 Å². The third-order valence-electron chi connectivity index (χ3n) is 5.02. The van der Waals surface area contributed by atoms with E-state index >= 15 is 0 Å². The SMILES string of the molecule is CCC(Nc1cccc(NCC(=O)O)c1)C(F)(F)F.Cc1ccnc(Cn2ccc(=O)n(C)c2=O)c1. The van der Waals surface area contributed by atoms with E-state index in [2.05, 4.69) is 15.6 Å². The van der Waals surface area contributed by atoms with E-state index in [1.54, 1.807) is 18.3 Å². The monoisotopic (exact) mass is 507 g/mol. The number of nitrogens with one attached hydrogen (secondary N) is 2. The second-order valence-corrected chi connectivity index (χ2v) is 7.92. The van der Waals surface area contributed by atoms with Crippen molar-refractivity contribution in [3.63, 3.8) is 0 Å². The number of hydrogen-bond donors (Lipinski definition) is 3. The molecule has 9 nitrogen and oxygen atoms in total. The highest BCUT2D eigenvalue weighted by Crippen LogP contribution is 2.26. The maximum Gasteiger partial charge on any atom is 0.408 e. The molecular formula is C24H28F3N5O4. The van der Waals surface area contributed by atoms with Gasteiger partial charge in [-0.05, 0) is 49.2 Å². The predicted octanol–water partition coefficient (Wildman–Crippen LogP) is 3.23. The highest BCUT2D eigenvalue weighted by molar-refractivity contribution is 5.73. The molecule has 1 aromatic carbocycles. The van der Waals surface area contributed by atoms with Gasteiger partial charge in [0.05, 0.1) is 12.2 Å². The van der Waals surface area contributed by atoms with Crippen molar-refractivity contribution in [3.05, 3.63) is 87.0 Å². The minimum Gasteiger partial charge on any atom is -0.480 e. The number of aliphatic carboxylic acids is 1. The fourth-order valence-electron chi connectivity index (χ4n) is 3.11. The molecule has 2 aromatic heterocycles. The quantitative estimate of drug-likeness (QED) is 0.428. The fraction of sp³-hybridized carbons (Fsp3) is 0.333. The number of pyridine rings is 1. The lowest BCUT2D eigenvalue weighted by Crippen LogP contribution is -2.37. The van der Waals surface area contributed by atoms with Gasteiger partial charge in [0.15, 0.2) is 0 Å². The predicted molar refractivity (Wildman–Crippen MR) is 130 cm³/mol. The summed E-state index contributed by atoms with van der Waals surface area (Å²) in [6.45, 7) is 3.49. The lowest BCUT2D eigenvalue weighted by Gasteiger charge is -2.21. The maximum atomic E-state index is 12.6. The van der Waals surface area contributed by atoms with Crippen LogP contribution in [0.25, 0.3) is 0 Å². The molecule has 2 heterocycles. The van der Waals surface area contributed by atoms with Crippen LogP contribution < -0.4 is 21.9 Å². The number of benzene rings is 1. The molecule has 12 heteroatoms. The summed E-state index contributed by atoms with van der Waals surface area (Å²) < 4.78 is 40.4. The van der Waals surface area contributed by atoms with E-state index in [0.717, 1.165) is 15.8 Å². The molecule has 1 unspecified atom stereocenters. The van der Waals surface area contributed by atoms with Crippen molar-refractivity contribution < 1.29 is 23.1 Å². The van der Waals surface area contributed by atoms with Crippen LogP contribution in [0, 0.1) is 6.92 Å². The first-order chi connectivity index (χ1) is 16.9. The van der Waals surface area contributed by atoms with Crippen LogP contribution in [-0.4, -0.2) is 44.0 Å². The van der Waals surface area contributed by atoms with Gasteiger partial charge < -0.3 is 15.7 Å². The molecule has 0 fully saturated rings. The molecule has 0 aliphatic rings. The van der Waals surface area contributed by atoms with Crippen molar-refractivity contribution in [2.24, 2.45) is 7.05 Å². The van der Waals surface area contributed by atoms with Crippen molar-refractivity contribution in [2.75, 3.05) is 17.2 Å². The van der Waals surface area contributed by atoms with E-state index in [-0.39, 0.29) is 24.2 Å². The average Bonchev–Trinajstić information content (AvgIpc) is 2.81. The number of halogens is 3. The molecule has 0 aliphatic heterocycles. The second-order valence-electron chi connectivity index (χ2n) is 7.92. The topological polar surface area (TPSA) is 118 Å². The Morgan fingerprint density at radius 2 is 1.83 bits per heavy atom. The number of carboxylic acid groups (broad SMARTS) is 1. The Morgan fingerprint density at radius 1 is 1.14 bits per heavy atom. The zero-order chi connectivity index (χ0) is 26.9. The van der Waals surface area contributed by atoms with Gasteiger partial charge in [0, 0.05) is 36.9 Å². The van der Waals surface area contributed by atoms with Crippen LogP contribution >= 0.6 is 0 Å². The fourth-order valence-corrected chi connectivity index (χ4v) is 3.11. The van der Waals surface area contributed by atoms with E-state index in [9.17, 15) is 27.6 Å². The summed E-state index contributed by atoms with van der Waals surface area (Å²) in [6, 6.07) is 9.64. The van der Waals surface area contributed by atoms with E-state index in [1.807, 2.05) is 19.1 Å². The Labute approximate surface area is 205 Å². The number of rotatable bonds is 8. The highest BCUT2D eigenvalue weighted by Gasteiger charge is 2.38. The Morgan fingerprint density at radius 3 is 2.44 bits per heavy atom. The van der Waals surface area contributed by atoms with E-state index < -0.39 is 18.2 Å². The number of alkyl halides is 3. The Balaban J connectivity index is 0.000000255. The number of aryl methyl sites for hydroxylation is 1. The minimum absolute atomic E-state index is 0.0870. The summed E-state index contributed by atoms with van der Waals surface area (Å²) in [7, 11) is 1.46. The van der Waals surface area contributed by atoms with Crippen molar-refractivity contribution >= 4 is 17.3 Å². The maximum absolute atomic E-state index is 12.6. The molecule has 1 atom stereocenters. The van der Waals surface area contributed by atoms with Gasteiger partial charge in [0.25, 0.3) is 5.56 Å². The number of carboxylic acids is 1. The van der Waals surface area contributed by atoms with Crippen LogP contribution in [0.5, 0.6) is 0 Å². The molecule has 0 aliphatic carbocycles. The first kappa shape index (κ1) is 28.1. The number of nitrogens with zero attached hydrogens (tertiary/aromatic N) is 3. The normalized spacial score (nSPS) is 11.7. The molecule has 0 spiro atoms. The van der Waals surface area contributed by atoms with Crippen LogP contribution in [-0.2, 0) is 18.4 Å². The minimum atomic E-state index is -4.32. The molecule has 0 amide bonds. The van der Waals surface area contributed by atoms with Crippen molar-refractivity contribution in [2.45, 2.75) is 39.0 Å². The summed E-state index contributed by atoms with van der Waals surface area (Å²) in [6.07, 6.45) is -1.21. The highest BCUT2D eigenvalue weighted by atomic mass is 19.4. The molecule has 3 N–H and O–H groups in total. The number of carbonyl (C=O) groups is 1. The van der Waals surface area contributed by atoms with Gasteiger partial charge in [-0.15, -0.1) is 0 Å². The molecule has 0 saturated carbocycles. The molecule has 0 bridgehead atoms. The molecule has 0 radical (unpaired) electrons. The van der Waals surface area contributed by atoms with Gasteiger partial charge in [-0.1, -0.05) is 13.0 Å². The Bertz CT molecular complexity index is 1290. The Kier molecular flexibility index (Phi) is 9.83. The molecule has 194 valence electrons. The summed E-state index contributed by atoms with van der Waals surface area (Å²) in [5.74, 6) is -1.04. The number of aromatic nitrogens is 3. The Hall–Kier alpha value is -4.09. The van der Waals surface area contributed by atoms with Crippen molar-refractivity contribution in [3.8, 4) is 0 Å². The number of hydrogen-bond acceptors (Lipinski definition) is 6. The summed E-state index contributed by atoms with van der Waals surface area (Å²) in [4.78, 5) is 37.6. The molecule has 0 saturated heterocycles. The van der Waals surface area contributed by atoms with E-state index in [4.69, 9.17) is 5.11 Å². The van der Waals surface area contributed by atoms with Gasteiger partial charge in [0.2, 0.25) is 0 Å². The standard InChI is InChI=1S/C12H15F3N2O2.C12H13N3O2/c1-2-10(12(13,14)15)17-9-5-3-4-8(6-9)16-7-11(18)19;1-9-3-5-13-10(7-9)8-15-6-4-11(16)14(2)12(15)17/h3-6,10,16-17H,2,7H2,1H3,(H,18,19);3-7H,8H2,1-2H3. The van der Waals surface area contributed by atoms with Crippen LogP contribution in [0.3, 0.4) is 0 Å². The van der Waals surface area contributed by atoms with E-state index in [0.29, 0.717) is 17.9 Å². The van der Waals surface area contributed by atoms with Crippen molar-refractivity contribution in [1.29, 1.82) is 0 Å². The van der Waals surface area contributed by atoms with Crippen molar-refractivity contribution in [1.82, 2.24) is 14.1 Å². The van der Waals surface area contributed by atoms with Crippen LogP contribution in [0.15, 0.2) is 64.4 Å².